The molecule has 1 saturated heterocycles. The molecule has 24 heavy (non-hydrogen) atoms. The van der Waals surface area contributed by atoms with E-state index < -0.39 is 5.82 Å². The number of para-hydroxylation sites is 1. The maximum absolute atomic E-state index is 13.4. The van der Waals surface area contributed by atoms with E-state index in [1.165, 1.54) is 18.6 Å². The molecule has 1 aliphatic heterocycles. The van der Waals surface area contributed by atoms with Crippen LogP contribution in [0.15, 0.2) is 36.7 Å². The molecule has 1 fully saturated rings. The average molecular weight is 333 g/mol. The lowest BCUT2D eigenvalue weighted by molar-refractivity contribution is -0.118. The molecule has 0 spiro atoms. The summed E-state index contributed by atoms with van der Waals surface area (Å²) in [5, 5.41) is 6.90. The average Bonchev–Trinajstić information content (AvgIpc) is 3.02. The molecule has 7 heteroatoms. The summed E-state index contributed by atoms with van der Waals surface area (Å²) >= 11 is 0. The molecule has 0 bridgehead atoms. The van der Waals surface area contributed by atoms with Crippen molar-refractivity contribution in [3.8, 4) is 5.75 Å². The van der Waals surface area contributed by atoms with Gasteiger partial charge in [-0.15, -0.1) is 0 Å². The van der Waals surface area contributed by atoms with Gasteiger partial charge in [0.15, 0.2) is 18.2 Å². The highest BCUT2D eigenvalue weighted by Crippen LogP contribution is 2.16. The summed E-state index contributed by atoms with van der Waals surface area (Å²) in [7, 11) is 0. The second kappa shape index (κ2) is 7.92. The Morgan fingerprint density at radius 1 is 1.42 bits per heavy atom. The maximum atomic E-state index is 13.4. The number of nitrogens with one attached hydrogen (secondary N) is 1. The summed E-state index contributed by atoms with van der Waals surface area (Å²) < 4.78 is 26.0. The van der Waals surface area contributed by atoms with Gasteiger partial charge in [-0.1, -0.05) is 12.1 Å². The minimum absolute atomic E-state index is 0.0535. The number of rotatable bonds is 6. The molecule has 1 unspecified atom stereocenters. The Labute approximate surface area is 139 Å². The van der Waals surface area contributed by atoms with Gasteiger partial charge in [0.25, 0.3) is 5.91 Å². The molecule has 0 aliphatic carbocycles. The van der Waals surface area contributed by atoms with Crippen LogP contribution >= 0.6 is 0 Å². The molecule has 3 rings (SSSR count). The van der Waals surface area contributed by atoms with Crippen molar-refractivity contribution in [2.75, 3.05) is 18.5 Å². The van der Waals surface area contributed by atoms with Gasteiger partial charge in [0, 0.05) is 12.8 Å². The van der Waals surface area contributed by atoms with E-state index >= 15 is 0 Å². The standard InChI is InChI=1S/C17H20FN3O3/c18-15-6-1-2-7-16(15)24-12-17(22)20-13-9-19-21(10-13)11-14-5-3-4-8-23-14/h1-2,6-7,9-10,14H,3-5,8,11-12H2,(H,20,22). The summed E-state index contributed by atoms with van der Waals surface area (Å²) in [6.07, 6.45) is 6.80. The summed E-state index contributed by atoms with van der Waals surface area (Å²) in [5.74, 6) is -0.810. The second-order valence-corrected chi connectivity index (χ2v) is 5.71. The Hall–Kier alpha value is -2.41. The Kier molecular flexibility index (Phi) is 5.43. The Bertz CT molecular complexity index is 683. The first-order valence-electron chi connectivity index (χ1n) is 8.02. The number of amides is 1. The van der Waals surface area contributed by atoms with Gasteiger partial charge in [0.05, 0.1) is 24.5 Å². The van der Waals surface area contributed by atoms with E-state index in [4.69, 9.17) is 9.47 Å². The van der Waals surface area contributed by atoms with E-state index in [1.54, 1.807) is 29.2 Å². The van der Waals surface area contributed by atoms with Gasteiger partial charge in [-0.3, -0.25) is 9.48 Å². The quantitative estimate of drug-likeness (QED) is 0.882. The maximum Gasteiger partial charge on any atom is 0.262 e. The molecule has 2 heterocycles. The summed E-state index contributed by atoms with van der Waals surface area (Å²) in [4.78, 5) is 11.9. The van der Waals surface area contributed by atoms with Crippen LogP contribution in [0.2, 0.25) is 0 Å². The van der Waals surface area contributed by atoms with Crippen LogP contribution in [-0.2, 0) is 16.1 Å². The molecule has 1 aromatic heterocycles. The number of halogens is 1. The number of benzene rings is 1. The van der Waals surface area contributed by atoms with Gasteiger partial charge >= 0.3 is 0 Å². The number of anilines is 1. The number of ether oxygens (including phenoxy) is 2. The fourth-order valence-electron chi connectivity index (χ4n) is 2.59. The van der Waals surface area contributed by atoms with Gasteiger partial charge in [-0.2, -0.15) is 5.10 Å². The number of carbonyl (C=O) groups is 1. The molecule has 1 amide bonds. The van der Waals surface area contributed by atoms with Crippen molar-refractivity contribution >= 4 is 11.6 Å². The van der Waals surface area contributed by atoms with E-state index in [1.807, 2.05) is 0 Å². The number of hydrogen-bond acceptors (Lipinski definition) is 4. The van der Waals surface area contributed by atoms with Crippen LogP contribution in [0.5, 0.6) is 5.75 Å². The SMILES string of the molecule is O=C(COc1ccccc1F)Nc1cnn(CC2CCCCO2)c1. The Balaban J connectivity index is 1.47. The predicted molar refractivity (Wildman–Crippen MR) is 86.3 cm³/mol. The summed E-state index contributed by atoms with van der Waals surface area (Å²) in [6.45, 7) is 1.20. The van der Waals surface area contributed by atoms with Crippen molar-refractivity contribution in [2.24, 2.45) is 0 Å². The largest absolute Gasteiger partial charge is 0.481 e. The van der Waals surface area contributed by atoms with Crippen molar-refractivity contribution in [1.29, 1.82) is 0 Å². The van der Waals surface area contributed by atoms with Crippen LogP contribution < -0.4 is 10.1 Å². The zero-order valence-electron chi connectivity index (χ0n) is 13.3. The van der Waals surface area contributed by atoms with Crippen molar-refractivity contribution in [1.82, 2.24) is 9.78 Å². The molecule has 1 aromatic carbocycles. The third-order valence-corrected chi connectivity index (χ3v) is 3.78. The molecule has 2 aromatic rings. The minimum Gasteiger partial charge on any atom is -0.481 e. The van der Waals surface area contributed by atoms with Gasteiger partial charge in [-0.25, -0.2) is 4.39 Å². The van der Waals surface area contributed by atoms with Gasteiger partial charge < -0.3 is 14.8 Å². The van der Waals surface area contributed by atoms with Crippen LogP contribution in [0.25, 0.3) is 0 Å². The van der Waals surface area contributed by atoms with Crippen molar-refractivity contribution in [2.45, 2.75) is 31.9 Å². The highest BCUT2D eigenvalue weighted by atomic mass is 19.1. The van der Waals surface area contributed by atoms with Gasteiger partial charge in [0.2, 0.25) is 0 Å². The first-order chi connectivity index (χ1) is 11.7. The van der Waals surface area contributed by atoms with Crippen molar-refractivity contribution in [3.63, 3.8) is 0 Å². The van der Waals surface area contributed by atoms with E-state index in [-0.39, 0.29) is 24.4 Å². The lowest BCUT2D eigenvalue weighted by atomic mass is 10.1. The first-order valence-corrected chi connectivity index (χ1v) is 8.02. The topological polar surface area (TPSA) is 65.4 Å². The lowest BCUT2D eigenvalue weighted by Gasteiger charge is -2.22. The van der Waals surface area contributed by atoms with E-state index in [0.29, 0.717) is 12.2 Å². The zero-order chi connectivity index (χ0) is 16.8. The molecule has 1 N–H and O–H groups in total. The number of carbonyl (C=O) groups excluding carboxylic acids is 1. The number of nitrogens with zero attached hydrogens (tertiary/aromatic N) is 2. The molecule has 1 aliphatic rings. The first kappa shape index (κ1) is 16.4. The number of hydrogen-bond donors (Lipinski definition) is 1. The molecule has 0 radical (unpaired) electrons. The summed E-state index contributed by atoms with van der Waals surface area (Å²) in [5.41, 5.74) is 0.577. The highest BCUT2D eigenvalue weighted by molar-refractivity contribution is 5.91. The van der Waals surface area contributed by atoms with Crippen LogP contribution in [0.1, 0.15) is 19.3 Å². The molecule has 1 atom stereocenters. The van der Waals surface area contributed by atoms with Crippen LogP contribution in [-0.4, -0.2) is 35.0 Å². The number of aromatic nitrogens is 2. The Morgan fingerprint density at radius 2 is 2.29 bits per heavy atom. The zero-order valence-corrected chi connectivity index (χ0v) is 13.3. The van der Waals surface area contributed by atoms with Crippen molar-refractivity contribution in [3.05, 3.63) is 42.5 Å². The molecule has 128 valence electrons. The normalized spacial score (nSPS) is 17.5. The van der Waals surface area contributed by atoms with Crippen LogP contribution in [0.3, 0.4) is 0 Å². The molecular weight excluding hydrogens is 313 g/mol. The minimum atomic E-state index is -0.495. The van der Waals surface area contributed by atoms with E-state index in [9.17, 15) is 9.18 Å². The monoisotopic (exact) mass is 333 g/mol. The van der Waals surface area contributed by atoms with Gasteiger partial charge in [-0.05, 0) is 31.4 Å². The van der Waals surface area contributed by atoms with E-state index in [0.717, 1.165) is 19.4 Å². The highest BCUT2D eigenvalue weighted by Gasteiger charge is 2.15. The predicted octanol–water partition coefficient (Wildman–Crippen LogP) is 2.61. The summed E-state index contributed by atoms with van der Waals surface area (Å²) in [6, 6.07) is 5.97. The smallest absolute Gasteiger partial charge is 0.262 e. The fourth-order valence-corrected chi connectivity index (χ4v) is 2.59. The lowest BCUT2D eigenvalue weighted by Crippen LogP contribution is -2.24. The Morgan fingerprint density at radius 3 is 3.08 bits per heavy atom. The molecular formula is C17H20FN3O3. The van der Waals surface area contributed by atoms with Crippen LogP contribution in [0, 0.1) is 5.82 Å². The third kappa shape index (κ3) is 4.55. The van der Waals surface area contributed by atoms with Gasteiger partial charge in [0.1, 0.15) is 0 Å². The fraction of sp³-hybridized carbons (Fsp3) is 0.412. The van der Waals surface area contributed by atoms with E-state index in [2.05, 4.69) is 10.4 Å². The van der Waals surface area contributed by atoms with Crippen LogP contribution in [0.4, 0.5) is 10.1 Å². The van der Waals surface area contributed by atoms with Crippen molar-refractivity contribution < 1.29 is 18.7 Å². The third-order valence-electron chi connectivity index (χ3n) is 3.78. The molecule has 6 nitrogen and oxygen atoms in total. The second-order valence-electron chi connectivity index (χ2n) is 5.71. The molecule has 0 saturated carbocycles.